The lowest BCUT2D eigenvalue weighted by Crippen LogP contribution is -2.15. The van der Waals surface area contributed by atoms with E-state index in [1.54, 1.807) is 13.8 Å². The van der Waals surface area contributed by atoms with Crippen molar-refractivity contribution in [2.75, 3.05) is 25.6 Å². The van der Waals surface area contributed by atoms with Crippen molar-refractivity contribution >= 4 is 17.6 Å². The molecule has 128 valence electrons. The molecule has 24 heavy (non-hydrogen) atoms. The van der Waals surface area contributed by atoms with Gasteiger partial charge in [-0.2, -0.15) is 0 Å². The zero-order valence-corrected chi connectivity index (χ0v) is 14.4. The van der Waals surface area contributed by atoms with Gasteiger partial charge < -0.3 is 19.8 Å². The summed E-state index contributed by atoms with van der Waals surface area (Å²) in [5.41, 5.74) is 3.62. The first-order valence-corrected chi connectivity index (χ1v) is 7.68. The summed E-state index contributed by atoms with van der Waals surface area (Å²) >= 11 is 0. The fourth-order valence-electron chi connectivity index (χ4n) is 2.47. The Labute approximate surface area is 141 Å². The number of carbonyl (C=O) groups is 2. The van der Waals surface area contributed by atoms with Crippen LogP contribution >= 0.6 is 0 Å². The number of carbonyl (C=O) groups excluding carboxylic acids is 2. The normalized spacial score (nSPS) is 10.5. The van der Waals surface area contributed by atoms with Crippen LogP contribution in [0.15, 0.2) is 24.3 Å². The van der Waals surface area contributed by atoms with Gasteiger partial charge in [-0.25, -0.2) is 4.79 Å². The lowest BCUT2D eigenvalue weighted by atomic mass is 10.1. The molecule has 2 aromatic rings. The summed E-state index contributed by atoms with van der Waals surface area (Å²) in [6.07, 6.45) is 0. The number of para-hydroxylation sites is 1. The standard InChI is InChI=1S/C18H22N2O4/c1-11-7-5-6-8-14(11)20-17(21)16-12(2)15(13(3)19-16)18(22)24-10-9-23-4/h5-8,19H,9-10H2,1-4H3,(H,20,21). The number of hydrogen-bond donors (Lipinski definition) is 2. The van der Waals surface area contributed by atoms with E-state index in [1.807, 2.05) is 31.2 Å². The zero-order chi connectivity index (χ0) is 17.7. The zero-order valence-electron chi connectivity index (χ0n) is 14.4. The third-order valence-corrected chi connectivity index (χ3v) is 3.78. The van der Waals surface area contributed by atoms with E-state index in [0.717, 1.165) is 11.3 Å². The average molecular weight is 330 g/mol. The summed E-state index contributed by atoms with van der Waals surface area (Å²) in [7, 11) is 1.54. The van der Waals surface area contributed by atoms with Crippen molar-refractivity contribution in [2.24, 2.45) is 0 Å². The van der Waals surface area contributed by atoms with Gasteiger partial charge in [0, 0.05) is 18.5 Å². The van der Waals surface area contributed by atoms with Gasteiger partial charge in [-0.15, -0.1) is 0 Å². The van der Waals surface area contributed by atoms with E-state index < -0.39 is 5.97 Å². The predicted octanol–water partition coefficient (Wildman–Crippen LogP) is 3.00. The van der Waals surface area contributed by atoms with Crippen molar-refractivity contribution in [3.63, 3.8) is 0 Å². The Morgan fingerprint density at radius 1 is 1.12 bits per heavy atom. The summed E-state index contributed by atoms with van der Waals surface area (Å²) < 4.78 is 10.0. The first-order valence-electron chi connectivity index (χ1n) is 7.68. The maximum atomic E-state index is 12.5. The SMILES string of the molecule is COCCOC(=O)c1c(C)[nH]c(C(=O)Nc2ccccc2C)c1C. The van der Waals surface area contributed by atoms with Crippen molar-refractivity contribution < 1.29 is 19.1 Å². The summed E-state index contributed by atoms with van der Waals surface area (Å²) in [6, 6.07) is 7.51. The largest absolute Gasteiger partial charge is 0.460 e. The van der Waals surface area contributed by atoms with Crippen LogP contribution in [-0.4, -0.2) is 37.2 Å². The number of esters is 1. The van der Waals surface area contributed by atoms with Crippen molar-refractivity contribution in [3.8, 4) is 0 Å². The number of ether oxygens (including phenoxy) is 2. The molecule has 1 heterocycles. The van der Waals surface area contributed by atoms with Crippen molar-refractivity contribution in [1.29, 1.82) is 0 Å². The maximum absolute atomic E-state index is 12.5. The predicted molar refractivity (Wildman–Crippen MR) is 91.6 cm³/mol. The molecule has 1 aromatic heterocycles. The van der Waals surface area contributed by atoms with Gasteiger partial charge in [0.2, 0.25) is 0 Å². The Morgan fingerprint density at radius 2 is 1.83 bits per heavy atom. The maximum Gasteiger partial charge on any atom is 0.340 e. The van der Waals surface area contributed by atoms with Gasteiger partial charge in [0.1, 0.15) is 12.3 Å². The van der Waals surface area contributed by atoms with Crippen LogP contribution in [0.1, 0.15) is 37.7 Å². The molecule has 6 heteroatoms. The lowest BCUT2D eigenvalue weighted by molar-refractivity contribution is 0.0387. The molecule has 0 atom stereocenters. The molecule has 2 N–H and O–H groups in total. The summed E-state index contributed by atoms with van der Waals surface area (Å²) in [5.74, 6) is -0.755. The number of amides is 1. The lowest BCUT2D eigenvalue weighted by Gasteiger charge is -2.08. The molecule has 0 spiro atoms. The van der Waals surface area contributed by atoms with Gasteiger partial charge >= 0.3 is 5.97 Å². The van der Waals surface area contributed by atoms with Crippen LogP contribution in [-0.2, 0) is 9.47 Å². The number of anilines is 1. The van der Waals surface area contributed by atoms with Gasteiger partial charge in [0.15, 0.2) is 0 Å². The first kappa shape index (κ1) is 17.7. The van der Waals surface area contributed by atoms with E-state index >= 15 is 0 Å². The van der Waals surface area contributed by atoms with Crippen molar-refractivity contribution in [3.05, 3.63) is 52.3 Å². The van der Waals surface area contributed by atoms with E-state index in [1.165, 1.54) is 7.11 Å². The quantitative estimate of drug-likeness (QED) is 0.630. The molecule has 0 bridgehead atoms. The third-order valence-electron chi connectivity index (χ3n) is 3.78. The van der Waals surface area contributed by atoms with Crippen molar-refractivity contribution in [1.82, 2.24) is 4.98 Å². The average Bonchev–Trinajstić information content (AvgIpc) is 2.84. The van der Waals surface area contributed by atoms with E-state index in [0.29, 0.717) is 29.1 Å². The molecular weight excluding hydrogens is 308 g/mol. The molecule has 0 fully saturated rings. The van der Waals surface area contributed by atoms with Gasteiger partial charge in [0.05, 0.1) is 12.2 Å². The Bertz CT molecular complexity index is 749. The number of methoxy groups -OCH3 is 1. The van der Waals surface area contributed by atoms with Crippen LogP contribution in [0.25, 0.3) is 0 Å². The Kier molecular flexibility index (Phi) is 5.76. The number of aryl methyl sites for hydroxylation is 2. The molecule has 0 aliphatic heterocycles. The second-order valence-corrected chi connectivity index (χ2v) is 5.52. The Balaban J connectivity index is 2.20. The highest BCUT2D eigenvalue weighted by atomic mass is 16.6. The first-order chi connectivity index (χ1) is 11.5. The number of aromatic nitrogens is 1. The molecule has 0 saturated carbocycles. The molecule has 2 rings (SSSR count). The Hall–Kier alpha value is -2.60. The molecule has 1 amide bonds. The van der Waals surface area contributed by atoms with E-state index in [2.05, 4.69) is 10.3 Å². The van der Waals surface area contributed by atoms with E-state index in [9.17, 15) is 9.59 Å². The van der Waals surface area contributed by atoms with Crippen LogP contribution in [0, 0.1) is 20.8 Å². The number of hydrogen-bond acceptors (Lipinski definition) is 4. The molecule has 0 aliphatic carbocycles. The second-order valence-electron chi connectivity index (χ2n) is 5.52. The van der Waals surface area contributed by atoms with Gasteiger partial charge in [-0.1, -0.05) is 18.2 Å². The van der Waals surface area contributed by atoms with Gasteiger partial charge in [0.25, 0.3) is 5.91 Å². The van der Waals surface area contributed by atoms with E-state index in [4.69, 9.17) is 9.47 Å². The minimum atomic E-state index is -0.465. The van der Waals surface area contributed by atoms with Gasteiger partial charge in [-0.05, 0) is 38.0 Å². The van der Waals surface area contributed by atoms with Crippen LogP contribution in [0.3, 0.4) is 0 Å². The summed E-state index contributed by atoms with van der Waals surface area (Å²) in [6.45, 7) is 5.88. The van der Waals surface area contributed by atoms with Crippen LogP contribution in [0.2, 0.25) is 0 Å². The number of benzene rings is 1. The van der Waals surface area contributed by atoms with Crippen molar-refractivity contribution in [2.45, 2.75) is 20.8 Å². The molecule has 6 nitrogen and oxygen atoms in total. The second kappa shape index (κ2) is 7.79. The Morgan fingerprint density at radius 3 is 2.50 bits per heavy atom. The number of nitrogens with one attached hydrogen (secondary N) is 2. The number of H-pyrrole nitrogens is 1. The molecule has 0 radical (unpaired) electrons. The summed E-state index contributed by atoms with van der Waals surface area (Å²) in [5, 5.41) is 2.86. The van der Waals surface area contributed by atoms with Crippen LogP contribution in [0.5, 0.6) is 0 Å². The molecular formula is C18H22N2O4. The highest BCUT2D eigenvalue weighted by Gasteiger charge is 2.23. The van der Waals surface area contributed by atoms with Gasteiger partial charge in [-0.3, -0.25) is 4.79 Å². The number of aromatic amines is 1. The topological polar surface area (TPSA) is 80.4 Å². The molecule has 0 saturated heterocycles. The smallest absolute Gasteiger partial charge is 0.340 e. The van der Waals surface area contributed by atoms with Crippen LogP contribution in [0.4, 0.5) is 5.69 Å². The highest BCUT2D eigenvalue weighted by molar-refractivity contribution is 6.07. The number of rotatable bonds is 6. The monoisotopic (exact) mass is 330 g/mol. The fraction of sp³-hybridized carbons (Fsp3) is 0.333. The fourth-order valence-corrected chi connectivity index (χ4v) is 2.47. The van der Waals surface area contributed by atoms with E-state index in [-0.39, 0.29) is 12.5 Å². The third kappa shape index (κ3) is 3.83. The van der Waals surface area contributed by atoms with Crippen LogP contribution < -0.4 is 5.32 Å². The summed E-state index contributed by atoms with van der Waals surface area (Å²) in [4.78, 5) is 27.7. The minimum Gasteiger partial charge on any atom is -0.460 e. The molecule has 1 aromatic carbocycles. The molecule has 0 unspecified atom stereocenters. The highest BCUT2D eigenvalue weighted by Crippen LogP contribution is 2.21. The minimum absolute atomic E-state index is 0.171. The molecule has 0 aliphatic rings.